The van der Waals surface area contributed by atoms with E-state index in [-0.39, 0.29) is 12.5 Å². The molecule has 1 heterocycles. The third kappa shape index (κ3) is 5.82. The predicted molar refractivity (Wildman–Crippen MR) is 159 cm³/mol. The zero-order valence-electron chi connectivity index (χ0n) is 21.3. The van der Waals surface area contributed by atoms with Gasteiger partial charge in [-0.1, -0.05) is 84.4 Å². The lowest BCUT2D eigenvalue weighted by Crippen LogP contribution is -2.14. The molecular weight excluding hydrogens is 510 g/mol. The van der Waals surface area contributed by atoms with Crippen molar-refractivity contribution in [2.24, 2.45) is 0 Å². The predicted octanol–water partition coefficient (Wildman–Crippen LogP) is 8.59. The van der Waals surface area contributed by atoms with E-state index in [2.05, 4.69) is 96.4 Å². The molecule has 0 aliphatic rings. The maximum Gasteiger partial charge on any atom is 0.303 e. The highest BCUT2D eigenvalue weighted by atomic mass is 35.5. The third-order valence-electron chi connectivity index (χ3n) is 7.00. The summed E-state index contributed by atoms with van der Waals surface area (Å²) in [4.78, 5) is 12.0. The van der Waals surface area contributed by atoms with Crippen LogP contribution < -0.4 is 0 Å². The Morgan fingerprint density at radius 3 is 2.11 bits per heavy atom. The van der Waals surface area contributed by atoms with Gasteiger partial charge in [0.1, 0.15) is 0 Å². The lowest BCUT2D eigenvalue weighted by atomic mass is 9.98. The number of carbonyl (C=O) groups is 1. The Hall–Kier alpha value is -3.47. The minimum atomic E-state index is -0.764. The fourth-order valence-corrected chi connectivity index (χ4v) is 6.21. The van der Waals surface area contributed by atoms with Crippen LogP contribution in [0.25, 0.3) is 10.9 Å². The quantitative estimate of drug-likeness (QED) is 0.181. The summed E-state index contributed by atoms with van der Waals surface area (Å²) < 4.78 is 2.47. The fraction of sp³-hybridized carbons (Fsp3) is 0.182. The number of nitrogens with zero attached hydrogens (tertiary/aromatic N) is 1. The van der Waals surface area contributed by atoms with E-state index in [9.17, 15) is 4.79 Å². The Kier molecular flexibility index (Phi) is 8.21. The van der Waals surface area contributed by atoms with Gasteiger partial charge >= 0.3 is 5.97 Å². The van der Waals surface area contributed by atoms with Crippen LogP contribution in [-0.4, -0.2) is 21.4 Å². The first-order valence-electron chi connectivity index (χ1n) is 12.8. The van der Waals surface area contributed by atoms with Crippen molar-refractivity contribution in [3.8, 4) is 0 Å². The van der Waals surface area contributed by atoms with Crippen LogP contribution in [0, 0.1) is 6.92 Å². The van der Waals surface area contributed by atoms with Crippen LogP contribution in [0.2, 0.25) is 5.02 Å². The lowest BCUT2D eigenvalue weighted by molar-refractivity contribution is -0.136. The van der Waals surface area contributed by atoms with E-state index in [0.717, 1.165) is 22.8 Å². The number of rotatable bonds is 10. The molecular formula is C33H30ClNO2S. The van der Waals surface area contributed by atoms with Crippen LogP contribution >= 0.6 is 23.4 Å². The van der Waals surface area contributed by atoms with Crippen LogP contribution in [0.5, 0.6) is 0 Å². The third-order valence-corrected chi connectivity index (χ3v) is 8.25. The monoisotopic (exact) mass is 539 g/mol. The molecule has 0 radical (unpaired) electrons. The van der Waals surface area contributed by atoms with E-state index in [1.165, 1.54) is 38.2 Å². The number of carboxylic acid groups (broad SMARTS) is 1. The number of hydrogen-bond donors (Lipinski definition) is 1. The van der Waals surface area contributed by atoms with Gasteiger partial charge in [0.05, 0.1) is 6.04 Å². The molecule has 38 heavy (non-hydrogen) atoms. The lowest BCUT2D eigenvalue weighted by Gasteiger charge is -2.23. The highest BCUT2D eigenvalue weighted by molar-refractivity contribution is 7.99. The van der Waals surface area contributed by atoms with Gasteiger partial charge in [0.25, 0.3) is 0 Å². The first-order valence-corrected chi connectivity index (χ1v) is 14.2. The van der Waals surface area contributed by atoms with Gasteiger partial charge in [-0.3, -0.25) is 4.79 Å². The highest BCUT2D eigenvalue weighted by Crippen LogP contribution is 2.37. The number of aryl methyl sites for hydroxylation is 2. The minimum Gasteiger partial charge on any atom is -0.481 e. The maximum atomic E-state index is 10.8. The van der Waals surface area contributed by atoms with E-state index in [1.54, 1.807) is 0 Å². The van der Waals surface area contributed by atoms with Gasteiger partial charge in [0.2, 0.25) is 0 Å². The number of aliphatic carboxylic acids is 1. The second kappa shape index (κ2) is 11.9. The number of fused-ring (bicyclic) bond motifs is 1. The first-order chi connectivity index (χ1) is 18.5. The summed E-state index contributed by atoms with van der Waals surface area (Å²) in [5.74, 6) is 0.169. The summed E-state index contributed by atoms with van der Waals surface area (Å²) in [6.45, 7) is 2.23. The molecule has 192 valence electrons. The molecule has 0 aliphatic heterocycles. The Balaban J connectivity index is 1.46. The van der Waals surface area contributed by atoms with Crippen molar-refractivity contribution in [1.29, 1.82) is 0 Å². The zero-order valence-corrected chi connectivity index (χ0v) is 22.9. The van der Waals surface area contributed by atoms with Crippen LogP contribution in [-0.2, 0) is 17.6 Å². The second-order valence-electron chi connectivity index (χ2n) is 9.46. The molecule has 0 saturated carbocycles. The topological polar surface area (TPSA) is 42.2 Å². The van der Waals surface area contributed by atoms with Gasteiger partial charge in [0.15, 0.2) is 0 Å². The Morgan fingerprint density at radius 1 is 0.868 bits per heavy atom. The number of aromatic nitrogens is 1. The van der Waals surface area contributed by atoms with Crippen molar-refractivity contribution in [2.75, 3.05) is 5.75 Å². The van der Waals surface area contributed by atoms with E-state index in [0.29, 0.717) is 6.42 Å². The van der Waals surface area contributed by atoms with Crippen LogP contribution in [0.3, 0.4) is 0 Å². The molecule has 0 atom stereocenters. The molecule has 0 saturated heterocycles. The van der Waals surface area contributed by atoms with Gasteiger partial charge in [0, 0.05) is 38.7 Å². The summed E-state index contributed by atoms with van der Waals surface area (Å²) in [7, 11) is 0. The summed E-state index contributed by atoms with van der Waals surface area (Å²) in [5.41, 5.74) is 7.32. The van der Waals surface area contributed by atoms with Crippen molar-refractivity contribution < 1.29 is 9.90 Å². The number of benzene rings is 4. The molecule has 5 aromatic rings. The number of halogens is 1. The standard InChI is InChI=1S/C33H30ClNO2S/c1-23-29(20-21-38-28-16-12-24(13-17-28)14-19-32(36)37)30-22-27(34)15-18-31(30)35(23)33(25-8-4-2-5-9-25)26-10-6-3-7-11-26/h2-13,15-18,22,33H,14,19-21H2,1H3,(H,36,37). The van der Waals surface area contributed by atoms with Gasteiger partial charge in [-0.05, 0) is 72.4 Å². The molecule has 5 heteroatoms. The number of carboxylic acids is 1. The second-order valence-corrected chi connectivity index (χ2v) is 11.1. The summed E-state index contributed by atoms with van der Waals surface area (Å²) in [6, 6.07) is 35.9. The zero-order chi connectivity index (χ0) is 26.5. The Bertz CT molecular complexity index is 1490. The molecule has 0 amide bonds. The smallest absolute Gasteiger partial charge is 0.303 e. The Labute approximate surface area is 233 Å². The molecule has 0 fully saturated rings. The van der Waals surface area contributed by atoms with E-state index in [1.807, 2.05) is 30.0 Å². The molecule has 0 aliphatic carbocycles. The molecule has 1 N–H and O–H groups in total. The summed E-state index contributed by atoms with van der Waals surface area (Å²) in [5, 5.41) is 10.9. The SMILES string of the molecule is Cc1c(CCSc2ccc(CCC(=O)O)cc2)c2cc(Cl)ccc2n1C(c1ccccc1)c1ccccc1. The maximum absolute atomic E-state index is 10.8. The average Bonchev–Trinajstić information content (AvgIpc) is 3.20. The minimum absolute atomic E-state index is 0.0563. The molecule has 0 spiro atoms. The molecule has 5 rings (SSSR count). The molecule has 1 aromatic heterocycles. The van der Waals surface area contributed by atoms with Crippen molar-refractivity contribution in [2.45, 2.75) is 37.1 Å². The van der Waals surface area contributed by atoms with Crippen molar-refractivity contribution in [3.05, 3.63) is 136 Å². The van der Waals surface area contributed by atoms with Crippen LogP contribution in [0.1, 0.15) is 40.4 Å². The van der Waals surface area contributed by atoms with Crippen LogP contribution in [0.4, 0.5) is 0 Å². The van der Waals surface area contributed by atoms with E-state index < -0.39 is 5.97 Å². The summed E-state index contributed by atoms with van der Waals surface area (Å²) in [6.07, 6.45) is 1.63. The first kappa shape index (κ1) is 26.1. The Morgan fingerprint density at radius 2 is 1.50 bits per heavy atom. The van der Waals surface area contributed by atoms with Gasteiger partial charge in [-0.25, -0.2) is 0 Å². The number of thioether (sulfide) groups is 1. The molecule has 3 nitrogen and oxygen atoms in total. The van der Waals surface area contributed by atoms with E-state index >= 15 is 0 Å². The molecule has 4 aromatic carbocycles. The number of hydrogen-bond acceptors (Lipinski definition) is 2. The fourth-order valence-electron chi connectivity index (χ4n) is 5.17. The van der Waals surface area contributed by atoms with Crippen molar-refractivity contribution in [3.63, 3.8) is 0 Å². The van der Waals surface area contributed by atoms with Crippen molar-refractivity contribution in [1.82, 2.24) is 4.57 Å². The average molecular weight is 540 g/mol. The van der Waals surface area contributed by atoms with Gasteiger partial charge in [-0.15, -0.1) is 11.8 Å². The largest absolute Gasteiger partial charge is 0.481 e. The normalized spacial score (nSPS) is 11.3. The van der Waals surface area contributed by atoms with E-state index in [4.69, 9.17) is 16.7 Å². The van der Waals surface area contributed by atoms with Crippen LogP contribution in [0.15, 0.2) is 108 Å². The van der Waals surface area contributed by atoms with Gasteiger partial charge < -0.3 is 9.67 Å². The molecule has 0 bridgehead atoms. The molecule has 0 unspecified atom stereocenters. The summed E-state index contributed by atoms with van der Waals surface area (Å²) >= 11 is 8.33. The highest BCUT2D eigenvalue weighted by Gasteiger charge is 2.23. The van der Waals surface area contributed by atoms with Crippen molar-refractivity contribution >= 4 is 40.2 Å². The van der Waals surface area contributed by atoms with Gasteiger partial charge in [-0.2, -0.15) is 0 Å².